The van der Waals surface area contributed by atoms with Crippen molar-refractivity contribution in [2.75, 3.05) is 10.5 Å². The molecular formula is C19H19F3N4O3S. The van der Waals surface area contributed by atoms with Gasteiger partial charge in [0.1, 0.15) is 0 Å². The molecular weight excluding hydrogens is 421 g/mol. The normalized spacial score (nSPS) is 13.4. The molecule has 11 heteroatoms. The highest BCUT2D eigenvalue weighted by Gasteiger charge is 2.44. The maximum Gasteiger partial charge on any atom is 0.429 e. The Morgan fingerprint density at radius 2 is 1.63 bits per heavy atom. The van der Waals surface area contributed by atoms with Crippen LogP contribution in [0.5, 0.6) is 5.88 Å². The first-order valence-corrected chi connectivity index (χ1v) is 10.6. The number of fused-ring (bicyclic) bond motifs is 1. The fraction of sp³-hybridized carbons (Fsp3) is 0.316. The largest absolute Gasteiger partial charge is 0.457 e. The lowest BCUT2D eigenvalue weighted by atomic mass is 10.1. The lowest BCUT2D eigenvalue weighted by molar-refractivity contribution is -0.198. The van der Waals surface area contributed by atoms with Gasteiger partial charge in [0.2, 0.25) is 21.9 Å². The van der Waals surface area contributed by atoms with Gasteiger partial charge >= 0.3 is 6.18 Å². The molecule has 1 unspecified atom stereocenters. The van der Waals surface area contributed by atoms with Crippen LogP contribution < -0.4 is 9.46 Å². The van der Waals surface area contributed by atoms with E-state index < -0.39 is 34.0 Å². The van der Waals surface area contributed by atoms with Crippen LogP contribution >= 0.6 is 0 Å². The number of nitrogens with zero attached hydrogens (tertiary/aromatic N) is 3. The summed E-state index contributed by atoms with van der Waals surface area (Å²) in [5.74, 6) is -1.42. The molecule has 1 aromatic carbocycles. The molecule has 7 nitrogen and oxygen atoms in total. The zero-order valence-corrected chi connectivity index (χ0v) is 16.9. The average molecular weight is 440 g/mol. The van der Waals surface area contributed by atoms with Gasteiger partial charge in [-0.25, -0.2) is 18.4 Å². The molecule has 0 saturated carbocycles. The number of hydrogen-bond donors (Lipinski definition) is 1. The Morgan fingerprint density at radius 1 is 1.03 bits per heavy atom. The van der Waals surface area contributed by atoms with Gasteiger partial charge in [-0.1, -0.05) is 26.0 Å². The average Bonchev–Trinajstić information content (AvgIpc) is 2.64. The van der Waals surface area contributed by atoms with Crippen LogP contribution in [0.4, 0.5) is 19.0 Å². The molecule has 1 atom stereocenters. The molecule has 2 aromatic heterocycles. The number of alkyl halides is 3. The summed E-state index contributed by atoms with van der Waals surface area (Å²) < 4.78 is 73.3. The molecule has 0 fully saturated rings. The van der Waals surface area contributed by atoms with Crippen LogP contribution in [0.25, 0.3) is 11.0 Å². The first-order chi connectivity index (χ1) is 14.0. The van der Waals surface area contributed by atoms with Crippen molar-refractivity contribution in [3.05, 3.63) is 54.4 Å². The third-order valence-corrected chi connectivity index (χ3v) is 5.49. The summed E-state index contributed by atoms with van der Waals surface area (Å²) >= 11 is 0. The van der Waals surface area contributed by atoms with Crippen LogP contribution in [0.2, 0.25) is 0 Å². The van der Waals surface area contributed by atoms with Crippen molar-refractivity contribution in [1.29, 1.82) is 0 Å². The molecule has 2 heterocycles. The predicted molar refractivity (Wildman–Crippen MR) is 105 cm³/mol. The Balaban J connectivity index is 2.08. The molecule has 0 saturated heterocycles. The van der Waals surface area contributed by atoms with Gasteiger partial charge < -0.3 is 4.74 Å². The number of para-hydroxylation sites is 2. The van der Waals surface area contributed by atoms with Crippen molar-refractivity contribution in [3.8, 4) is 5.88 Å². The summed E-state index contributed by atoms with van der Waals surface area (Å²) in [5, 5.41) is 0. The van der Waals surface area contributed by atoms with E-state index in [4.69, 9.17) is 4.74 Å². The number of pyridine rings is 1. The number of hydrogen-bond acceptors (Lipinski definition) is 6. The van der Waals surface area contributed by atoms with E-state index in [9.17, 15) is 21.6 Å². The molecule has 0 aliphatic heterocycles. The van der Waals surface area contributed by atoms with Crippen molar-refractivity contribution >= 4 is 26.9 Å². The molecule has 1 N–H and O–H groups in total. The minimum Gasteiger partial charge on any atom is -0.457 e. The van der Waals surface area contributed by atoms with E-state index in [2.05, 4.69) is 19.7 Å². The van der Waals surface area contributed by atoms with Gasteiger partial charge in [-0.3, -0.25) is 9.71 Å². The molecule has 0 aliphatic rings. The monoisotopic (exact) mass is 440 g/mol. The van der Waals surface area contributed by atoms with Gasteiger partial charge in [0.15, 0.2) is 0 Å². The van der Waals surface area contributed by atoms with E-state index >= 15 is 0 Å². The van der Waals surface area contributed by atoms with Crippen LogP contribution in [0.15, 0.2) is 48.8 Å². The topological polar surface area (TPSA) is 94.1 Å². The van der Waals surface area contributed by atoms with Crippen LogP contribution in [0.3, 0.4) is 0 Å². The second-order valence-electron chi connectivity index (χ2n) is 6.96. The number of rotatable bonds is 7. The van der Waals surface area contributed by atoms with E-state index in [1.807, 2.05) is 0 Å². The highest BCUT2D eigenvalue weighted by molar-refractivity contribution is 7.92. The van der Waals surface area contributed by atoms with Gasteiger partial charge in [-0.15, -0.1) is 0 Å². The van der Waals surface area contributed by atoms with E-state index in [0.717, 1.165) is 12.1 Å². The van der Waals surface area contributed by atoms with E-state index in [0.29, 0.717) is 5.52 Å². The number of ether oxygens (including phenoxy) is 1. The third-order valence-electron chi connectivity index (χ3n) is 3.88. The smallest absolute Gasteiger partial charge is 0.429 e. The van der Waals surface area contributed by atoms with Crippen molar-refractivity contribution in [1.82, 2.24) is 15.0 Å². The third kappa shape index (κ3) is 5.35. The molecule has 0 spiro atoms. The Morgan fingerprint density at radius 3 is 2.20 bits per heavy atom. The van der Waals surface area contributed by atoms with Crippen LogP contribution in [0, 0.1) is 5.92 Å². The summed E-state index contributed by atoms with van der Waals surface area (Å²) in [6, 6.07) is 8.71. The standard InChI is InChI=1S/C19H19F3N4O3S/c1-12(2)11-30(27,28)26-17-18(25-15-6-4-3-5-14(15)24-17)29-16(19(20,21)22)13-7-9-23-10-8-13/h3-10,12,16H,11H2,1-2H3,(H,24,26). The minimum atomic E-state index is -4.79. The molecule has 0 aliphatic carbocycles. The zero-order valence-electron chi connectivity index (χ0n) is 16.1. The number of aromatic nitrogens is 3. The molecule has 3 rings (SSSR count). The van der Waals surface area contributed by atoms with Crippen molar-refractivity contribution < 1.29 is 26.3 Å². The maximum atomic E-state index is 13.7. The number of sulfonamides is 1. The predicted octanol–water partition coefficient (Wildman–Crippen LogP) is 4.10. The molecule has 30 heavy (non-hydrogen) atoms. The summed E-state index contributed by atoms with van der Waals surface area (Å²) in [6.45, 7) is 3.40. The van der Waals surface area contributed by atoms with Crippen LogP contribution in [-0.2, 0) is 10.0 Å². The molecule has 0 bridgehead atoms. The van der Waals surface area contributed by atoms with Gasteiger partial charge in [0, 0.05) is 18.0 Å². The zero-order chi connectivity index (χ0) is 21.9. The Bertz CT molecular complexity index is 1120. The van der Waals surface area contributed by atoms with Crippen LogP contribution in [0.1, 0.15) is 25.5 Å². The van der Waals surface area contributed by atoms with E-state index in [1.165, 1.54) is 18.5 Å². The summed E-state index contributed by atoms with van der Waals surface area (Å²) in [6.07, 6.45) is -4.77. The number of nitrogens with one attached hydrogen (secondary N) is 1. The molecule has 0 radical (unpaired) electrons. The number of halogens is 3. The van der Waals surface area contributed by atoms with Gasteiger partial charge in [-0.05, 0) is 30.2 Å². The number of benzene rings is 1. The SMILES string of the molecule is CC(C)CS(=O)(=O)Nc1nc2ccccc2nc1OC(c1ccncc1)C(F)(F)F. The van der Waals surface area contributed by atoms with E-state index in [1.54, 1.807) is 32.0 Å². The van der Waals surface area contributed by atoms with Gasteiger partial charge in [0.05, 0.1) is 16.8 Å². The quantitative estimate of drug-likeness (QED) is 0.594. The van der Waals surface area contributed by atoms with Gasteiger partial charge in [0.25, 0.3) is 5.88 Å². The molecule has 160 valence electrons. The van der Waals surface area contributed by atoms with Gasteiger partial charge in [-0.2, -0.15) is 13.2 Å². The maximum absolute atomic E-state index is 13.7. The second-order valence-corrected chi connectivity index (χ2v) is 8.73. The minimum absolute atomic E-state index is 0.205. The summed E-state index contributed by atoms with van der Waals surface area (Å²) in [4.78, 5) is 11.9. The lowest BCUT2D eigenvalue weighted by Gasteiger charge is -2.23. The fourth-order valence-electron chi connectivity index (χ4n) is 2.73. The number of anilines is 1. The second kappa shape index (κ2) is 8.42. The van der Waals surface area contributed by atoms with Crippen molar-refractivity contribution in [3.63, 3.8) is 0 Å². The highest BCUT2D eigenvalue weighted by Crippen LogP contribution is 2.38. The Labute approximate surface area is 171 Å². The fourth-order valence-corrected chi connectivity index (χ4v) is 4.12. The van der Waals surface area contributed by atoms with E-state index in [-0.39, 0.29) is 22.8 Å². The van der Waals surface area contributed by atoms with Crippen molar-refractivity contribution in [2.24, 2.45) is 5.92 Å². The molecule has 3 aromatic rings. The van der Waals surface area contributed by atoms with Crippen molar-refractivity contribution in [2.45, 2.75) is 26.1 Å². The first-order valence-electron chi connectivity index (χ1n) is 8.96. The first kappa shape index (κ1) is 21.8. The Kier molecular flexibility index (Phi) is 6.11. The summed E-state index contributed by atoms with van der Waals surface area (Å²) in [5.41, 5.74) is 0.359. The summed E-state index contributed by atoms with van der Waals surface area (Å²) in [7, 11) is -3.88. The Hall–Kier alpha value is -2.95. The highest BCUT2D eigenvalue weighted by atomic mass is 32.2. The van der Waals surface area contributed by atoms with Crippen LogP contribution in [-0.4, -0.2) is 35.3 Å². The molecule has 0 amide bonds. The lowest BCUT2D eigenvalue weighted by Crippen LogP contribution is -2.27.